The Balaban J connectivity index is 2.03. The van der Waals surface area contributed by atoms with Crippen molar-refractivity contribution >= 4 is 5.69 Å². The van der Waals surface area contributed by atoms with E-state index in [4.69, 9.17) is 0 Å². The van der Waals surface area contributed by atoms with Crippen molar-refractivity contribution in [2.75, 3.05) is 39.1 Å². The molecule has 1 fully saturated rings. The molecule has 0 aromatic heterocycles. The predicted molar refractivity (Wildman–Crippen MR) is 75.7 cm³/mol. The highest BCUT2D eigenvalue weighted by molar-refractivity contribution is 5.61. The average molecular weight is 245 g/mol. The highest BCUT2D eigenvalue weighted by Crippen LogP contribution is 2.40. The van der Waals surface area contributed by atoms with E-state index in [2.05, 4.69) is 61.2 Å². The standard InChI is InChI=1S/C15H23N3/c1-11-10-17(3)18(4)15(11)13-6-5-7-14-12(13)8-9-16(14)2/h5-7,11,15H,8-10H2,1-4H3. The van der Waals surface area contributed by atoms with E-state index < -0.39 is 0 Å². The van der Waals surface area contributed by atoms with E-state index in [0.29, 0.717) is 12.0 Å². The van der Waals surface area contributed by atoms with Gasteiger partial charge in [0.2, 0.25) is 0 Å². The highest BCUT2D eigenvalue weighted by Gasteiger charge is 2.36. The maximum absolute atomic E-state index is 2.40. The van der Waals surface area contributed by atoms with Crippen molar-refractivity contribution < 1.29 is 0 Å². The van der Waals surface area contributed by atoms with Crippen molar-refractivity contribution in [3.8, 4) is 0 Å². The molecular formula is C15H23N3. The number of fused-ring (bicyclic) bond motifs is 1. The minimum absolute atomic E-state index is 0.538. The molecule has 0 bridgehead atoms. The van der Waals surface area contributed by atoms with Crippen LogP contribution in [0, 0.1) is 5.92 Å². The molecule has 1 aromatic carbocycles. The van der Waals surface area contributed by atoms with Crippen LogP contribution in [0.3, 0.4) is 0 Å². The van der Waals surface area contributed by atoms with Gasteiger partial charge in [0.05, 0.1) is 6.04 Å². The monoisotopic (exact) mass is 245 g/mol. The molecule has 0 amide bonds. The van der Waals surface area contributed by atoms with Crippen molar-refractivity contribution in [3.05, 3.63) is 29.3 Å². The molecule has 2 heterocycles. The lowest BCUT2D eigenvalue weighted by atomic mass is 9.91. The maximum atomic E-state index is 2.40. The van der Waals surface area contributed by atoms with Crippen LogP contribution in [-0.2, 0) is 6.42 Å². The summed E-state index contributed by atoms with van der Waals surface area (Å²) in [6.07, 6.45) is 1.20. The van der Waals surface area contributed by atoms with Crippen LogP contribution in [-0.4, -0.2) is 44.3 Å². The van der Waals surface area contributed by atoms with Crippen molar-refractivity contribution in [2.45, 2.75) is 19.4 Å². The zero-order chi connectivity index (χ0) is 12.9. The first kappa shape index (κ1) is 12.0. The molecule has 3 heteroatoms. The van der Waals surface area contributed by atoms with Crippen LogP contribution in [0.2, 0.25) is 0 Å². The molecule has 0 spiro atoms. The molecule has 1 saturated heterocycles. The van der Waals surface area contributed by atoms with Crippen molar-refractivity contribution in [2.24, 2.45) is 5.92 Å². The van der Waals surface area contributed by atoms with Gasteiger partial charge in [0.1, 0.15) is 0 Å². The van der Waals surface area contributed by atoms with Gasteiger partial charge in [-0.3, -0.25) is 0 Å². The summed E-state index contributed by atoms with van der Waals surface area (Å²) in [6.45, 7) is 4.68. The SMILES string of the molecule is CC1CN(C)N(C)C1c1cccc2c1CCN2C. The number of hydrazine groups is 1. The topological polar surface area (TPSA) is 9.72 Å². The molecule has 3 rings (SSSR count). The Morgan fingerprint density at radius 1 is 1.17 bits per heavy atom. The summed E-state index contributed by atoms with van der Waals surface area (Å²) in [5, 5.41) is 4.74. The molecule has 1 aromatic rings. The van der Waals surface area contributed by atoms with Crippen LogP contribution >= 0.6 is 0 Å². The zero-order valence-electron chi connectivity index (χ0n) is 11.8. The van der Waals surface area contributed by atoms with E-state index in [-0.39, 0.29) is 0 Å². The van der Waals surface area contributed by atoms with Crippen LogP contribution in [0.1, 0.15) is 24.1 Å². The van der Waals surface area contributed by atoms with Crippen LogP contribution < -0.4 is 4.90 Å². The third kappa shape index (κ3) is 1.65. The first-order chi connectivity index (χ1) is 8.59. The molecule has 2 unspecified atom stereocenters. The second-order valence-corrected chi connectivity index (χ2v) is 5.85. The third-order valence-electron chi connectivity index (χ3n) is 4.65. The Labute approximate surface area is 110 Å². The molecule has 0 N–H and O–H groups in total. The molecule has 0 radical (unpaired) electrons. The van der Waals surface area contributed by atoms with Gasteiger partial charge >= 0.3 is 0 Å². The maximum Gasteiger partial charge on any atom is 0.0533 e. The fraction of sp³-hybridized carbons (Fsp3) is 0.600. The number of hydrogen-bond acceptors (Lipinski definition) is 3. The van der Waals surface area contributed by atoms with E-state index in [1.807, 2.05) is 0 Å². The molecule has 0 saturated carbocycles. The Morgan fingerprint density at radius 3 is 2.61 bits per heavy atom. The Morgan fingerprint density at radius 2 is 1.94 bits per heavy atom. The molecule has 3 nitrogen and oxygen atoms in total. The van der Waals surface area contributed by atoms with E-state index in [0.717, 1.165) is 13.1 Å². The Kier molecular flexibility index (Phi) is 2.83. The third-order valence-corrected chi connectivity index (χ3v) is 4.65. The molecule has 18 heavy (non-hydrogen) atoms. The molecule has 0 aliphatic carbocycles. The molecular weight excluding hydrogens is 222 g/mol. The van der Waals surface area contributed by atoms with Crippen molar-refractivity contribution in [3.63, 3.8) is 0 Å². The smallest absolute Gasteiger partial charge is 0.0533 e. The summed E-state index contributed by atoms with van der Waals surface area (Å²) in [6, 6.07) is 7.34. The zero-order valence-corrected chi connectivity index (χ0v) is 11.8. The highest BCUT2D eigenvalue weighted by atomic mass is 15.6. The average Bonchev–Trinajstić information content (AvgIpc) is 2.83. The lowest BCUT2D eigenvalue weighted by molar-refractivity contribution is 0.0514. The molecule has 2 atom stereocenters. The summed E-state index contributed by atoms with van der Waals surface area (Å²) >= 11 is 0. The number of anilines is 1. The van der Waals surface area contributed by atoms with E-state index in [1.54, 1.807) is 5.56 Å². The fourth-order valence-electron chi connectivity index (χ4n) is 3.63. The second-order valence-electron chi connectivity index (χ2n) is 5.85. The molecule has 2 aliphatic rings. The van der Waals surface area contributed by atoms with Gasteiger partial charge in [-0.1, -0.05) is 19.1 Å². The number of nitrogens with zero attached hydrogens (tertiary/aromatic N) is 3. The van der Waals surface area contributed by atoms with Gasteiger partial charge < -0.3 is 4.90 Å². The van der Waals surface area contributed by atoms with Crippen molar-refractivity contribution in [1.29, 1.82) is 0 Å². The van der Waals surface area contributed by atoms with Crippen molar-refractivity contribution in [1.82, 2.24) is 10.0 Å². The van der Waals surface area contributed by atoms with Crippen LogP contribution in [0.25, 0.3) is 0 Å². The molecule has 2 aliphatic heterocycles. The lowest BCUT2D eigenvalue weighted by Crippen LogP contribution is -2.31. The van der Waals surface area contributed by atoms with Gasteiger partial charge in [-0.25, -0.2) is 10.0 Å². The second kappa shape index (κ2) is 4.25. The number of rotatable bonds is 1. The first-order valence-electron chi connectivity index (χ1n) is 6.86. The van der Waals surface area contributed by atoms with Gasteiger partial charge in [0.15, 0.2) is 0 Å². The summed E-state index contributed by atoms with van der Waals surface area (Å²) in [5.74, 6) is 0.692. The van der Waals surface area contributed by atoms with Crippen LogP contribution in [0.15, 0.2) is 18.2 Å². The number of benzene rings is 1. The first-order valence-corrected chi connectivity index (χ1v) is 6.86. The van der Waals surface area contributed by atoms with Crippen LogP contribution in [0.5, 0.6) is 0 Å². The summed E-state index contributed by atoms with van der Waals surface area (Å²) < 4.78 is 0. The van der Waals surface area contributed by atoms with Gasteiger partial charge in [0.25, 0.3) is 0 Å². The van der Waals surface area contributed by atoms with Gasteiger partial charge in [-0.05, 0) is 29.5 Å². The predicted octanol–water partition coefficient (Wildman–Crippen LogP) is 2.15. The van der Waals surface area contributed by atoms with E-state index in [9.17, 15) is 0 Å². The lowest BCUT2D eigenvalue weighted by Gasteiger charge is -2.28. The summed E-state index contributed by atoms with van der Waals surface area (Å²) in [7, 11) is 6.60. The summed E-state index contributed by atoms with van der Waals surface area (Å²) in [4.78, 5) is 2.38. The quantitative estimate of drug-likeness (QED) is 0.750. The van der Waals surface area contributed by atoms with Gasteiger partial charge in [-0.2, -0.15) is 0 Å². The minimum atomic E-state index is 0.538. The van der Waals surface area contributed by atoms with E-state index >= 15 is 0 Å². The Hall–Kier alpha value is -1.06. The number of hydrogen-bond donors (Lipinski definition) is 0. The van der Waals surface area contributed by atoms with Gasteiger partial charge in [0, 0.05) is 39.9 Å². The fourth-order valence-corrected chi connectivity index (χ4v) is 3.63. The number of likely N-dealkylation sites (N-methyl/N-ethyl adjacent to an activating group) is 1. The summed E-state index contributed by atoms with van der Waals surface area (Å²) in [5.41, 5.74) is 4.54. The largest absolute Gasteiger partial charge is 0.374 e. The van der Waals surface area contributed by atoms with E-state index in [1.165, 1.54) is 17.7 Å². The normalized spacial score (nSPS) is 29.0. The Bertz CT molecular complexity index is 457. The minimum Gasteiger partial charge on any atom is -0.374 e. The van der Waals surface area contributed by atoms with Gasteiger partial charge in [-0.15, -0.1) is 0 Å². The molecule has 98 valence electrons. The van der Waals surface area contributed by atoms with Crippen LogP contribution in [0.4, 0.5) is 5.69 Å².